The number of thiophene rings is 1. The van der Waals surface area contributed by atoms with Gasteiger partial charge in [0.15, 0.2) is 5.78 Å². The fourth-order valence-corrected chi connectivity index (χ4v) is 6.06. The molecule has 2 aliphatic rings. The number of rotatable bonds is 3. The van der Waals surface area contributed by atoms with Gasteiger partial charge in [0.05, 0.1) is 11.1 Å². The number of aryl methyl sites for hydroxylation is 1. The van der Waals surface area contributed by atoms with E-state index < -0.39 is 5.92 Å². The average molecular weight is 421 g/mol. The third-order valence-electron chi connectivity index (χ3n) is 5.55. The molecule has 0 radical (unpaired) electrons. The fourth-order valence-electron chi connectivity index (χ4n) is 4.13. The number of aliphatic imine (C=N–C) groups is 1. The molecule has 2 atom stereocenters. The third kappa shape index (κ3) is 4.10. The standard InChI is InChI=1S/C24H24N2OS2/c1-15-6-8-16(9-7-15)14-29-23-17(13-25)21(20-5-4-10-28-20)22-18(26-23)11-24(2,3)12-19(22)27/h4-10,17,21H,11-12,14H2,1-3H3/t17?,21-/m1/s1. The summed E-state index contributed by atoms with van der Waals surface area (Å²) in [6.07, 6.45) is 1.30. The zero-order valence-corrected chi connectivity index (χ0v) is 18.6. The van der Waals surface area contributed by atoms with Crippen LogP contribution in [-0.2, 0) is 10.5 Å². The molecule has 3 nitrogen and oxygen atoms in total. The molecule has 1 aliphatic carbocycles. The van der Waals surface area contributed by atoms with Crippen LogP contribution in [0.3, 0.4) is 0 Å². The Hall–Kier alpha value is -2.16. The molecule has 1 aromatic carbocycles. The highest BCUT2D eigenvalue weighted by Gasteiger charge is 2.44. The number of hydrogen-bond acceptors (Lipinski definition) is 5. The second-order valence-corrected chi connectivity index (χ2v) is 10.6. The lowest BCUT2D eigenvalue weighted by Gasteiger charge is -2.37. The van der Waals surface area contributed by atoms with Crippen molar-refractivity contribution in [3.8, 4) is 6.07 Å². The molecule has 1 unspecified atom stereocenters. The summed E-state index contributed by atoms with van der Waals surface area (Å²) >= 11 is 3.26. The van der Waals surface area contributed by atoms with E-state index in [1.807, 2.05) is 17.5 Å². The first-order valence-electron chi connectivity index (χ1n) is 9.84. The third-order valence-corrected chi connectivity index (χ3v) is 7.62. The van der Waals surface area contributed by atoms with Crippen molar-refractivity contribution in [1.82, 2.24) is 0 Å². The summed E-state index contributed by atoms with van der Waals surface area (Å²) in [5.41, 5.74) is 4.03. The Morgan fingerprint density at radius 1 is 1.24 bits per heavy atom. The summed E-state index contributed by atoms with van der Waals surface area (Å²) < 4.78 is 0. The quantitative estimate of drug-likeness (QED) is 0.588. The van der Waals surface area contributed by atoms with E-state index in [0.29, 0.717) is 6.42 Å². The van der Waals surface area contributed by atoms with E-state index in [1.165, 1.54) is 11.1 Å². The highest BCUT2D eigenvalue weighted by Crippen LogP contribution is 2.49. The van der Waals surface area contributed by atoms with Gasteiger partial charge in [0.25, 0.3) is 0 Å². The monoisotopic (exact) mass is 420 g/mol. The molecule has 0 N–H and O–H groups in total. The highest BCUT2D eigenvalue weighted by molar-refractivity contribution is 8.13. The smallest absolute Gasteiger partial charge is 0.161 e. The molecule has 148 valence electrons. The zero-order valence-electron chi connectivity index (χ0n) is 16.9. The van der Waals surface area contributed by atoms with Crippen LogP contribution in [0.2, 0.25) is 0 Å². The van der Waals surface area contributed by atoms with Crippen LogP contribution in [0.15, 0.2) is 58.0 Å². The van der Waals surface area contributed by atoms with E-state index >= 15 is 0 Å². The van der Waals surface area contributed by atoms with Crippen LogP contribution >= 0.6 is 23.1 Å². The molecule has 0 saturated carbocycles. The molecule has 29 heavy (non-hydrogen) atoms. The Bertz CT molecular complexity index is 1020. The van der Waals surface area contributed by atoms with Crippen LogP contribution in [0, 0.1) is 29.6 Å². The van der Waals surface area contributed by atoms with Crippen molar-refractivity contribution >= 4 is 33.9 Å². The topological polar surface area (TPSA) is 53.2 Å². The Morgan fingerprint density at radius 3 is 2.66 bits per heavy atom. The van der Waals surface area contributed by atoms with E-state index in [9.17, 15) is 10.1 Å². The summed E-state index contributed by atoms with van der Waals surface area (Å²) in [5.74, 6) is 0.319. The van der Waals surface area contributed by atoms with Crippen LogP contribution in [0.1, 0.15) is 48.6 Å². The molecular weight excluding hydrogens is 396 g/mol. The summed E-state index contributed by atoms with van der Waals surface area (Å²) in [4.78, 5) is 19.1. The van der Waals surface area contributed by atoms with Crippen LogP contribution in [-0.4, -0.2) is 10.8 Å². The maximum atomic E-state index is 13.1. The van der Waals surface area contributed by atoms with Crippen molar-refractivity contribution in [1.29, 1.82) is 5.26 Å². The molecule has 0 bridgehead atoms. The van der Waals surface area contributed by atoms with E-state index in [-0.39, 0.29) is 17.1 Å². The number of hydrogen-bond donors (Lipinski definition) is 0. The van der Waals surface area contributed by atoms with E-state index in [2.05, 4.69) is 51.1 Å². The largest absolute Gasteiger partial charge is 0.294 e. The van der Waals surface area contributed by atoms with Crippen molar-refractivity contribution in [3.05, 3.63) is 69.1 Å². The van der Waals surface area contributed by atoms with E-state index in [4.69, 9.17) is 4.99 Å². The van der Waals surface area contributed by atoms with Crippen molar-refractivity contribution in [3.63, 3.8) is 0 Å². The lowest BCUT2D eigenvalue weighted by molar-refractivity contribution is -0.118. The number of carbonyl (C=O) groups excluding carboxylic acids is 1. The number of nitriles is 1. The maximum absolute atomic E-state index is 13.1. The molecular formula is C24H24N2OS2. The predicted octanol–water partition coefficient (Wildman–Crippen LogP) is 6.27. The lowest BCUT2D eigenvalue weighted by atomic mass is 9.69. The number of benzene rings is 1. The number of carbonyl (C=O) groups is 1. The Balaban J connectivity index is 1.73. The van der Waals surface area contributed by atoms with Gasteiger partial charge in [-0.2, -0.15) is 5.26 Å². The number of allylic oxidation sites excluding steroid dienone is 2. The van der Waals surface area contributed by atoms with Gasteiger partial charge >= 0.3 is 0 Å². The molecule has 0 spiro atoms. The van der Waals surface area contributed by atoms with Crippen LogP contribution in [0.4, 0.5) is 0 Å². The minimum atomic E-state index is -0.409. The number of nitrogens with zero attached hydrogens (tertiary/aromatic N) is 2. The molecule has 0 fully saturated rings. The molecule has 1 aromatic heterocycles. The van der Waals surface area contributed by atoms with Crippen LogP contribution in [0.25, 0.3) is 0 Å². The van der Waals surface area contributed by atoms with Gasteiger partial charge in [-0.1, -0.05) is 49.7 Å². The zero-order chi connectivity index (χ0) is 20.6. The van der Waals surface area contributed by atoms with E-state index in [1.54, 1.807) is 23.1 Å². The highest BCUT2D eigenvalue weighted by atomic mass is 32.2. The molecule has 5 heteroatoms. The molecule has 0 saturated heterocycles. The molecule has 4 rings (SSSR count). The van der Waals surface area contributed by atoms with Gasteiger partial charge in [-0.05, 0) is 35.8 Å². The second-order valence-electron chi connectivity index (χ2n) is 8.63. The second kappa shape index (κ2) is 7.93. The van der Waals surface area contributed by atoms with Crippen molar-refractivity contribution in [2.75, 3.05) is 0 Å². The molecule has 0 amide bonds. The predicted molar refractivity (Wildman–Crippen MR) is 121 cm³/mol. The SMILES string of the molecule is Cc1ccc(CSC2=NC3=C(C(=O)CC(C)(C)C3)[C@@H](c3cccs3)C2C#N)cc1. The van der Waals surface area contributed by atoms with Gasteiger partial charge in [-0.25, -0.2) is 4.99 Å². The fraction of sp³-hybridized carbons (Fsp3) is 0.375. The summed E-state index contributed by atoms with van der Waals surface area (Å²) in [7, 11) is 0. The molecule has 2 heterocycles. The maximum Gasteiger partial charge on any atom is 0.161 e. The van der Waals surface area contributed by atoms with Gasteiger partial charge in [-0.15, -0.1) is 23.1 Å². The number of thioether (sulfide) groups is 1. The number of ketones is 1. The van der Waals surface area contributed by atoms with Gasteiger partial charge in [-0.3, -0.25) is 4.79 Å². The summed E-state index contributed by atoms with van der Waals surface area (Å²) in [5, 5.41) is 12.9. The van der Waals surface area contributed by atoms with Gasteiger partial charge in [0.2, 0.25) is 0 Å². The summed E-state index contributed by atoms with van der Waals surface area (Å²) in [6.45, 7) is 6.33. The number of Topliss-reactive ketones (excluding diaryl/α,β-unsaturated/α-hetero) is 1. The minimum Gasteiger partial charge on any atom is -0.294 e. The Labute approximate surface area is 180 Å². The average Bonchev–Trinajstić information content (AvgIpc) is 3.19. The van der Waals surface area contributed by atoms with Gasteiger partial charge in [0.1, 0.15) is 5.92 Å². The van der Waals surface area contributed by atoms with Crippen molar-refractivity contribution < 1.29 is 4.79 Å². The molecule has 2 aromatic rings. The van der Waals surface area contributed by atoms with Crippen LogP contribution in [0.5, 0.6) is 0 Å². The minimum absolute atomic E-state index is 0.0916. The van der Waals surface area contributed by atoms with Crippen molar-refractivity contribution in [2.45, 2.75) is 45.3 Å². The first-order chi connectivity index (χ1) is 13.9. The first kappa shape index (κ1) is 20.1. The van der Waals surface area contributed by atoms with Gasteiger partial charge < -0.3 is 0 Å². The van der Waals surface area contributed by atoms with E-state index in [0.717, 1.165) is 33.4 Å². The molecule has 1 aliphatic heterocycles. The normalized spacial score (nSPS) is 23.4. The first-order valence-corrected chi connectivity index (χ1v) is 11.7. The Kier molecular flexibility index (Phi) is 5.50. The lowest BCUT2D eigenvalue weighted by Crippen LogP contribution is -2.34. The van der Waals surface area contributed by atoms with Gasteiger partial charge in [0, 0.05) is 34.2 Å². The Morgan fingerprint density at radius 2 is 2.00 bits per heavy atom. The van der Waals surface area contributed by atoms with Crippen molar-refractivity contribution in [2.24, 2.45) is 16.3 Å². The van der Waals surface area contributed by atoms with Crippen LogP contribution < -0.4 is 0 Å². The summed E-state index contributed by atoms with van der Waals surface area (Å²) in [6, 6.07) is 15.0.